The van der Waals surface area contributed by atoms with E-state index < -0.39 is 30.0 Å². The molecule has 5 N–H and O–H groups in total. The molecule has 144 valence electrons. The van der Waals surface area contributed by atoms with E-state index in [0.717, 1.165) is 51.4 Å². The van der Waals surface area contributed by atoms with E-state index in [0.29, 0.717) is 6.54 Å². The molecular weight excluding hydrogens is 310 g/mol. The lowest BCUT2D eigenvalue weighted by Crippen LogP contribution is -2.62. The summed E-state index contributed by atoms with van der Waals surface area (Å²) in [5.41, 5.74) is -0.543. The van der Waals surface area contributed by atoms with Crippen molar-refractivity contribution < 1.29 is 25.5 Å². The minimum Gasteiger partial charge on any atom is -0.395 e. The quantitative estimate of drug-likeness (QED) is 0.351. The smallest absolute Gasteiger partial charge is 0.109 e. The van der Waals surface area contributed by atoms with Crippen molar-refractivity contribution in [2.45, 2.75) is 95.2 Å². The molecule has 0 unspecified atom stereocenters. The van der Waals surface area contributed by atoms with Gasteiger partial charge in [0, 0.05) is 6.54 Å². The van der Waals surface area contributed by atoms with E-state index in [1.165, 1.54) is 0 Å². The molecule has 0 saturated carbocycles. The van der Waals surface area contributed by atoms with Crippen molar-refractivity contribution in [2.75, 3.05) is 19.7 Å². The Bertz CT molecular complexity index is 335. The number of likely N-dealkylation sites (tertiary alicyclic amines) is 1. The highest BCUT2D eigenvalue weighted by atomic mass is 16.4. The molecule has 0 spiro atoms. The van der Waals surface area contributed by atoms with Crippen molar-refractivity contribution in [1.29, 1.82) is 0 Å². The molecule has 4 atom stereocenters. The van der Waals surface area contributed by atoms with Gasteiger partial charge in [0.2, 0.25) is 0 Å². The first-order chi connectivity index (χ1) is 11.4. The number of β-amino-alcohol motifs (C(OH)–C–C–N with tert-alkyl or cyclic N) is 1. The first-order valence-electron chi connectivity index (χ1n) is 9.50. The van der Waals surface area contributed by atoms with Gasteiger partial charge in [-0.3, -0.25) is 4.90 Å². The number of unbranched alkanes of at least 4 members (excludes halogenated alkanes) is 2. The van der Waals surface area contributed by atoms with Crippen molar-refractivity contribution in [2.24, 2.45) is 0 Å². The maximum Gasteiger partial charge on any atom is 0.109 e. The first kappa shape index (κ1) is 21.8. The second kappa shape index (κ2) is 10.7. The summed E-state index contributed by atoms with van der Waals surface area (Å²) in [6.07, 6.45) is 3.94. The second-order valence-electron chi connectivity index (χ2n) is 7.33. The van der Waals surface area contributed by atoms with E-state index in [9.17, 15) is 25.5 Å². The summed E-state index contributed by atoms with van der Waals surface area (Å²) in [5.74, 6) is 0. The molecular formula is C18H37NO5. The van der Waals surface area contributed by atoms with E-state index >= 15 is 0 Å². The minimum atomic E-state index is -1.20. The van der Waals surface area contributed by atoms with Gasteiger partial charge in [0.25, 0.3) is 0 Å². The number of aliphatic hydroxyl groups excluding tert-OH is 4. The number of rotatable bonds is 11. The average Bonchev–Trinajstić information content (AvgIpc) is 2.53. The summed E-state index contributed by atoms with van der Waals surface area (Å²) < 4.78 is 0. The zero-order valence-corrected chi connectivity index (χ0v) is 15.3. The van der Waals surface area contributed by atoms with E-state index in [1.54, 1.807) is 0 Å². The number of hydrogen-bond acceptors (Lipinski definition) is 6. The lowest BCUT2D eigenvalue weighted by atomic mass is 9.87. The van der Waals surface area contributed by atoms with Gasteiger partial charge in [0.05, 0.1) is 24.4 Å². The van der Waals surface area contributed by atoms with Crippen LogP contribution in [0, 0.1) is 0 Å². The van der Waals surface area contributed by atoms with Crippen LogP contribution >= 0.6 is 0 Å². The highest BCUT2D eigenvalue weighted by molar-refractivity contribution is 4.94. The zero-order chi connectivity index (χ0) is 18.2. The lowest BCUT2D eigenvalue weighted by Gasteiger charge is -2.43. The van der Waals surface area contributed by atoms with Crippen LogP contribution in [0.5, 0.6) is 0 Å². The average molecular weight is 347 g/mol. The number of hydrogen-bond donors (Lipinski definition) is 5. The number of piperidine rings is 1. The summed E-state index contributed by atoms with van der Waals surface area (Å²) in [7, 11) is 0. The van der Waals surface area contributed by atoms with Gasteiger partial charge in [0.15, 0.2) is 0 Å². The van der Waals surface area contributed by atoms with Crippen LogP contribution in [0.2, 0.25) is 0 Å². The van der Waals surface area contributed by atoms with E-state index in [2.05, 4.69) is 13.8 Å². The molecule has 0 amide bonds. The predicted octanol–water partition coefficient (Wildman–Crippen LogP) is 0.637. The standard InChI is InChI=1S/C18H37NO5/c1-3-8-18(24,9-4-2)10-6-5-7-11-19-12-15(21)17(23)16(22)14(19)13-20/h14-17,20-24H,3-13H2,1-2H3/t14-,15+,16-,17-/m1/s1. The highest BCUT2D eigenvalue weighted by Gasteiger charge is 2.40. The maximum atomic E-state index is 10.6. The molecule has 0 aromatic heterocycles. The predicted molar refractivity (Wildman–Crippen MR) is 93.7 cm³/mol. The molecule has 0 aromatic carbocycles. The van der Waals surface area contributed by atoms with Gasteiger partial charge in [0.1, 0.15) is 12.2 Å². The van der Waals surface area contributed by atoms with Crippen molar-refractivity contribution in [3.63, 3.8) is 0 Å². The number of nitrogens with zero attached hydrogens (tertiary/aromatic N) is 1. The molecule has 1 saturated heterocycles. The van der Waals surface area contributed by atoms with Gasteiger partial charge >= 0.3 is 0 Å². The largest absolute Gasteiger partial charge is 0.395 e. The van der Waals surface area contributed by atoms with Crippen molar-refractivity contribution in [1.82, 2.24) is 4.90 Å². The molecule has 6 nitrogen and oxygen atoms in total. The Morgan fingerprint density at radius 3 is 2.08 bits per heavy atom. The second-order valence-corrected chi connectivity index (χ2v) is 7.33. The third kappa shape index (κ3) is 6.24. The monoisotopic (exact) mass is 347 g/mol. The lowest BCUT2D eigenvalue weighted by molar-refractivity contribution is -0.145. The Hall–Kier alpha value is -0.240. The Kier molecular flexibility index (Phi) is 9.71. The molecule has 0 aromatic rings. The molecule has 6 heteroatoms. The maximum absolute atomic E-state index is 10.6. The van der Waals surface area contributed by atoms with Crippen LogP contribution < -0.4 is 0 Å². The summed E-state index contributed by atoms with van der Waals surface area (Å²) in [4.78, 5) is 1.85. The van der Waals surface area contributed by atoms with Crippen LogP contribution in [0.4, 0.5) is 0 Å². The molecule has 1 fully saturated rings. The third-order valence-electron chi connectivity index (χ3n) is 5.23. The van der Waals surface area contributed by atoms with Gasteiger partial charge in [-0.25, -0.2) is 0 Å². The molecule has 0 aliphatic carbocycles. The summed E-state index contributed by atoms with van der Waals surface area (Å²) in [5, 5.41) is 49.5. The van der Waals surface area contributed by atoms with E-state index in [1.807, 2.05) is 4.90 Å². The fourth-order valence-corrected chi connectivity index (χ4v) is 3.89. The van der Waals surface area contributed by atoms with Gasteiger partial charge in [-0.05, 0) is 32.2 Å². The van der Waals surface area contributed by atoms with Crippen molar-refractivity contribution in [3.8, 4) is 0 Å². The Balaban J connectivity index is 2.35. The van der Waals surface area contributed by atoms with Crippen molar-refractivity contribution in [3.05, 3.63) is 0 Å². The van der Waals surface area contributed by atoms with Crippen LogP contribution in [0.3, 0.4) is 0 Å². The van der Waals surface area contributed by atoms with Crippen LogP contribution in [0.25, 0.3) is 0 Å². The molecule has 1 aliphatic heterocycles. The molecule has 1 aliphatic rings. The summed E-state index contributed by atoms with van der Waals surface area (Å²) in [6.45, 7) is 4.87. The molecule has 1 heterocycles. The van der Waals surface area contributed by atoms with E-state index in [4.69, 9.17) is 0 Å². The van der Waals surface area contributed by atoms with Crippen LogP contribution in [0.1, 0.15) is 65.2 Å². The SMILES string of the molecule is CCCC(O)(CCC)CCCCCN1C[C@H](O)[C@@H](O)[C@H](O)[C@H]1CO. The van der Waals surface area contributed by atoms with Crippen LogP contribution in [0.15, 0.2) is 0 Å². The van der Waals surface area contributed by atoms with Crippen LogP contribution in [-0.4, -0.2) is 80.1 Å². The highest BCUT2D eigenvalue weighted by Crippen LogP contribution is 2.26. The Morgan fingerprint density at radius 2 is 1.54 bits per heavy atom. The molecule has 0 bridgehead atoms. The van der Waals surface area contributed by atoms with Gasteiger partial charge in [-0.15, -0.1) is 0 Å². The number of aliphatic hydroxyl groups is 5. The molecule has 0 radical (unpaired) electrons. The molecule has 24 heavy (non-hydrogen) atoms. The van der Waals surface area contributed by atoms with Gasteiger partial charge < -0.3 is 25.5 Å². The van der Waals surface area contributed by atoms with Crippen LogP contribution in [-0.2, 0) is 0 Å². The fourth-order valence-electron chi connectivity index (χ4n) is 3.89. The first-order valence-corrected chi connectivity index (χ1v) is 9.50. The molecule has 1 rings (SSSR count). The van der Waals surface area contributed by atoms with E-state index in [-0.39, 0.29) is 13.2 Å². The summed E-state index contributed by atoms with van der Waals surface area (Å²) >= 11 is 0. The fraction of sp³-hybridized carbons (Fsp3) is 1.00. The van der Waals surface area contributed by atoms with Crippen molar-refractivity contribution >= 4 is 0 Å². The Morgan fingerprint density at radius 1 is 0.917 bits per heavy atom. The zero-order valence-electron chi connectivity index (χ0n) is 15.3. The van der Waals surface area contributed by atoms with Gasteiger partial charge in [-0.2, -0.15) is 0 Å². The minimum absolute atomic E-state index is 0.238. The normalized spacial score (nSPS) is 29.1. The Labute approximate surface area is 146 Å². The topological polar surface area (TPSA) is 104 Å². The summed E-state index contributed by atoms with van der Waals surface area (Å²) in [6, 6.07) is -0.527. The third-order valence-corrected chi connectivity index (χ3v) is 5.23. The van der Waals surface area contributed by atoms with Gasteiger partial charge in [-0.1, -0.05) is 39.5 Å².